The highest BCUT2D eigenvalue weighted by atomic mass is 16.2. The zero-order chi connectivity index (χ0) is 21.2. The first-order chi connectivity index (χ1) is 14.0. The van der Waals surface area contributed by atoms with Crippen molar-refractivity contribution in [1.29, 1.82) is 0 Å². The Morgan fingerprint density at radius 3 is 2.72 bits per heavy atom. The molecule has 7 nitrogen and oxygen atoms in total. The monoisotopic (exact) mass is 390 g/mol. The first-order valence-corrected chi connectivity index (χ1v) is 9.07. The minimum absolute atomic E-state index is 0.290. The molecule has 2 amide bonds. The predicted molar refractivity (Wildman–Crippen MR) is 121 cm³/mol. The highest BCUT2D eigenvalue weighted by Gasteiger charge is 2.14. The van der Waals surface area contributed by atoms with Gasteiger partial charge in [-0.25, -0.2) is 4.79 Å². The Morgan fingerprint density at radius 2 is 2.10 bits per heavy atom. The maximum absolute atomic E-state index is 11.8. The number of benzene rings is 1. The molecule has 7 N–H and O–H groups in total. The molecule has 150 valence electrons. The van der Waals surface area contributed by atoms with E-state index in [0.29, 0.717) is 23.6 Å². The molecule has 0 saturated heterocycles. The number of pyridine rings is 1. The Bertz CT molecular complexity index is 947. The molecule has 29 heavy (non-hydrogen) atoms. The zero-order valence-electron chi connectivity index (χ0n) is 16.4. The van der Waals surface area contributed by atoms with Crippen LogP contribution in [0.2, 0.25) is 0 Å². The molecule has 2 rings (SSSR count). The molecule has 0 fully saturated rings. The Balaban J connectivity index is 2.51. The minimum Gasteiger partial charge on any atom is -0.405 e. The lowest BCUT2D eigenvalue weighted by Gasteiger charge is -2.18. The van der Waals surface area contributed by atoms with E-state index in [2.05, 4.69) is 34.1 Å². The topological polar surface area (TPSA) is 118 Å². The number of carbonyl (C=O) groups is 1. The van der Waals surface area contributed by atoms with Crippen molar-refractivity contribution in [3.8, 4) is 11.3 Å². The van der Waals surface area contributed by atoms with Crippen LogP contribution in [0.5, 0.6) is 0 Å². The van der Waals surface area contributed by atoms with E-state index in [9.17, 15) is 4.79 Å². The van der Waals surface area contributed by atoms with Gasteiger partial charge in [-0.3, -0.25) is 10.3 Å². The van der Waals surface area contributed by atoms with Crippen molar-refractivity contribution in [1.82, 2.24) is 15.6 Å². The molecule has 0 bridgehead atoms. The second kappa shape index (κ2) is 10.4. The second-order valence-corrected chi connectivity index (χ2v) is 6.00. The number of hydrogen-bond donors (Lipinski definition) is 5. The van der Waals surface area contributed by atoms with Crippen LogP contribution in [0.25, 0.3) is 16.8 Å². The molecular formula is C22H26N6O. The SMILES string of the molecule is C=C/C(=C\C=C/N)c1cc(N)c(NC(=C)NC(=O)NCC)c(-c2ccccn2)c1. The number of nitrogens with zero attached hydrogens (tertiary/aromatic N) is 1. The molecule has 0 saturated carbocycles. The third-order valence-electron chi connectivity index (χ3n) is 3.93. The molecule has 0 aliphatic heterocycles. The van der Waals surface area contributed by atoms with Crippen molar-refractivity contribution >= 4 is 23.0 Å². The summed E-state index contributed by atoms with van der Waals surface area (Å²) in [5.74, 6) is 0.290. The van der Waals surface area contributed by atoms with Crippen LogP contribution in [0.3, 0.4) is 0 Å². The van der Waals surface area contributed by atoms with Gasteiger partial charge in [-0.2, -0.15) is 0 Å². The van der Waals surface area contributed by atoms with Gasteiger partial charge in [0.15, 0.2) is 0 Å². The van der Waals surface area contributed by atoms with E-state index in [4.69, 9.17) is 11.5 Å². The third kappa shape index (κ3) is 5.74. The third-order valence-corrected chi connectivity index (χ3v) is 3.93. The number of anilines is 2. The molecule has 0 radical (unpaired) electrons. The summed E-state index contributed by atoms with van der Waals surface area (Å²) in [5.41, 5.74) is 16.0. The molecule has 1 aromatic carbocycles. The van der Waals surface area contributed by atoms with Gasteiger partial charge in [0.25, 0.3) is 0 Å². The number of aromatic nitrogens is 1. The van der Waals surface area contributed by atoms with Crippen LogP contribution in [0.15, 0.2) is 79.9 Å². The Kier molecular flexibility index (Phi) is 7.61. The Hall–Kier alpha value is -4.00. The maximum atomic E-state index is 11.8. The molecule has 7 heteroatoms. The summed E-state index contributed by atoms with van der Waals surface area (Å²) in [6.45, 7) is 10.0. The average molecular weight is 390 g/mol. The average Bonchev–Trinajstić information content (AvgIpc) is 2.71. The first-order valence-electron chi connectivity index (χ1n) is 9.07. The van der Waals surface area contributed by atoms with Gasteiger partial charge in [0.1, 0.15) is 5.82 Å². The molecular weight excluding hydrogens is 364 g/mol. The van der Waals surface area contributed by atoms with Gasteiger partial charge in [-0.1, -0.05) is 31.4 Å². The van der Waals surface area contributed by atoms with Crippen LogP contribution in [0.4, 0.5) is 16.2 Å². The van der Waals surface area contributed by atoms with E-state index in [-0.39, 0.29) is 11.9 Å². The lowest BCUT2D eigenvalue weighted by molar-refractivity contribution is 0.244. The lowest BCUT2D eigenvalue weighted by Crippen LogP contribution is -2.36. The van der Waals surface area contributed by atoms with Crippen LogP contribution in [-0.2, 0) is 0 Å². The van der Waals surface area contributed by atoms with Crippen molar-refractivity contribution in [3.63, 3.8) is 0 Å². The fourth-order valence-corrected chi connectivity index (χ4v) is 2.66. The minimum atomic E-state index is -0.356. The number of urea groups is 1. The van der Waals surface area contributed by atoms with Gasteiger partial charge in [0.2, 0.25) is 0 Å². The number of amides is 2. The highest BCUT2D eigenvalue weighted by Crippen LogP contribution is 2.36. The van der Waals surface area contributed by atoms with Crippen LogP contribution in [0.1, 0.15) is 12.5 Å². The number of hydrogen-bond acceptors (Lipinski definition) is 5. The summed E-state index contributed by atoms with van der Waals surface area (Å²) in [7, 11) is 0. The Labute approximate surface area is 170 Å². The van der Waals surface area contributed by atoms with E-state index in [1.54, 1.807) is 18.3 Å². The number of nitrogens with two attached hydrogens (primary N) is 2. The van der Waals surface area contributed by atoms with Crippen molar-refractivity contribution < 1.29 is 4.79 Å². The summed E-state index contributed by atoms with van der Waals surface area (Å²) in [6, 6.07) is 8.99. The molecule has 1 heterocycles. The lowest BCUT2D eigenvalue weighted by atomic mass is 9.98. The van der Waals surface area contributed by atoms with Gasteiger partial charge in [-0.05, 0) is 54.6 Å². The van der Waals surface area contributed by atoms with Gasteiger partial charge < -0.3 is 22.1 Å². The van der Waals surface area contributed by atoms with Gasteiger partial charge >= 0.3 is 6.03 Å². The number of nitrogens with one attached hydrogen (secondary N) is 3. The fraction of sp³-hybridized carbons (Fsp3) is 0.0909. The number of allylic oxidation sites excluding steroid dienone is 4. The van der Waals surface area contributed by atoms with Gasteiger partial charge in [-0.15, -0.1) is 0 Å². The maximum Gasteiger partial charge on any atom is 0.320 e. The van der Waals surface area contributed by atoms with E-state index >= 15 is 0 Å². The van der Waals surface area contributed by atoms with E-state index in [1.165, 1.54) is 6.20 Å². The molecule has 0 aliphatic carbocycles. The molecule has 0 unspecified atom stereocenters. The standard InChI is InChI=1S/C22H26N6O/c1-4-16(9-8-11-23)17-13-18(20-10-6-7-12-26-20)21(19(24)14-17)27-15(3)28-22(29)25-5-2/h4,6-14,27H,1,3,5,23-24H2,2H3,(H2,25,28,29)/b11-8-,16-9+. The second-order valence-electron chi connectivity index (χ2n) is 6.00. The summed E-state index contributed by atoms with van der Waals surface area (Å²) in [4.78, 5) is 16.2. The molecule has 0 spiro atoms. The largest absolute Gasteiger partial charge is 0.405 e. The van der Waals surface area contributed by atoms with Crippen LogP contribution < -0.4 is 27.4 Å². The summed E-state index contributed by atoms with van der Waals surface area (Å²) in [6.07, 6.45) is 8.43. The van der Waals surface area contributed by atoms with Crippen molar-refractivity contribution in [2.45, 2.75) is 6.92 Å². The van der Waals surface area contributed by atoms with E-state index in [0.717, 1.165) is 16.7 Å². The van der Waals surface area contributed by atoms with E-state index in [1.807, 2.05) is 43.3 Å². The first kappa shape index (κ1) is 21.3. The smallest absolute Gasteiger partial charge is 0.320 e. The summed E-state index contributed by atoms with van der Waals surface area (Å²) < 4.78 is 0. The fourth-order valence-electron chi connectivity index (χ4n) is 2.66. The predicted octanol–water partition coefficient (Wildman–Crippen LogP) is 3.57. The number of nitrogen functional groups attached to an aromatic ring is 1. The molecule has 0 atom stereocenters. The Morgan fingerprint density at radius 1 is 1.31 bits per heavy atom. The highest BCUT2D eigenvalue weighted by molar-refractivity contribution is 5.91. The van der Waals surface area contributed by atoms with Gasteiger partial charge in [0, 0.05) is 18.3 Å². The summed E-state index contributed by atoms with van der Waals surface area (Å²) in [5, 5.41) is 8.36. The molecule has 0 aliphatic rings. The van der Waals surface area contributed by atoms with Gasteiger partial charge in [0.05, 0.1) is 17.1 Å². The van der Waals surface area contributed by atoms with E-state index < -0.39 is 0 Å². The van der Waals surface area contributed by atoms with Crippen LogP contribution >= 0.6 is 0 Å². The number of carbonyl (C=O) groups excluding carboxylic acids is 1. The quantitative estimate of drug-likeness (QED) is 0.349. The van der Waals surface area contributed by atoms with Crippen molar-refractivity contribution in [2.24, 2.45) is 5.73 Å². The van der Waals surface area contributed by atoms with Crippen LogP contribution in [-0.4, -0.2) is 17.6 Å². The normalized spacial score (nSPS) is 11.1. The number of rotatable bonds is 8. The van der Waals surface area contributed by atoms with Crippen molar-refractivity contribution in [3.05, 3.63) is 85.5 Å². The molecule has 1 aromatic heterocycles. The summed E-state index contributed by atoms with van der Waals surface area (Å²) >= 11 is 0. The molecule has 2 aromatic rings. The van der Waals surface area contributed by atoms with Crippen molar-refractivity contribution in [2.75, 3.05) is 17.6 Å². The van der Waals surface area contributed by atoms with Crippen LogP contribution in [0, 0.1) is 0 Å². The zero-order valence-corrected chi connectivity index (χ0v) is 16.4.